The predicted molar refractivity (Wildman–Crippen MR) is 103 cm³/mol. The minimum Gasteiger partial charge on any atom is -0.282 e. The Balaban J connectivity index is 1.84. The lowest BCUT2D eigenvalue weighted by Gasteiger charge is -2.20. The summed E-state index contributed by atoms with van der Waals surface area (Å²) in [6.45, 7) is 2.16. The lowest BCUT2D eigenvalue weighted by molar-refractivity contribution is -0.114. The van der Waals surface area contributed by atoms with Crippen molar-refractivity contribution in [1.82, 2.24) is 5.01 Å². The summed E-state index contributed by atoms with van der Waals surface area (Å²) in [5, 5.41) is 15.7. The van der Waals surface area contributed by atoms with Crippen LogP contribution in [0.15, 0.2) is 44.4 Å². The number of hydrogen-bond acceptors (Lipinski definition) is 4. The smallest absolute Gasteiger partial charge is 0.282 e. The van der Waals surface area contributed by atoms with E-state index in [2.05, 4.69) is 32.9 Å². The van der Waals surface area contributed by atoms with Gasteiger partial charge in [0.05, 0.1) is 5.57 Å². The van der Waals surface area contributed by atoms with E-state index >= 15 is 0 Å². The second-order valence-corrected chi connectivity index (χ2v) is 7.48. The second-order valence-electron chi connectivity index (χ2n) is 5.53. The van der Waals surface area contributed by atoms with E-state index in [0.717, 1.165) is 40.8 Å². The summed E-state index contributed by atoms with van der Waals surface area (Å²) in [6.07, 6.45) is 5.91. The summed E-state index contributed by atoms with van der Waals surface area (Å²) in [7, 11) is 0. The number of hydrazone groups is 1. The first-order chi connectivity index (χ1) is 11.6. The van der Waals surface area contributed by atoms with Crippen LogP contribution >= 0.6 is 27.7 Å². The Morgan fingerprint density at radius 3 is 2.96 bits per heavy atom. The maximum absolute atomic E-state index is 12.3. The Morgan fingerprint density at radius 1 is 1.38 bits per heavy atom. The van der Waals surface area contributed by atoms with Gasteiger partial charge in [0.25, 0.3) is 5.91 Å². The lowest BCUT2D eigenvalue weighted by Crippen LogP contribution is -2.35. The number of carbonyl (C=O) groups excluding carboxylic acids is 1. The molecule has 0 saturated carbocycles. The third-order valence-corrected chi connectivity index (χ3v) is 5.11. The number of aliphatic imine (C=N–C) groups is 1. The van der Waals surface area contributed by atoms with Crippen molar-refractivity contribution >= 4 is 55.7 Å². The zero-order chi connectivity index (χ0) is 17.1. The highest BCUT2D eigenvalue weighted by Crippen LogP contribution is 2.30. The van der Waals surface area contributed by atoms with Crippen LogP contribution in [0, 0.1) is 5.41 Å². The molecule has 0 aromatic heterocycles. The molecule has 2 aliphatic rings. The summed E-state index contributed by atoms with van der Waals surface area (Å²) in [4.78, 5) is 16.4. The molecule has 1 amide bonds. The first-order valence-electron chi connectivity index (χ1n) is 7.83. The number of hydrogen-bond donors (Lipinski definition) is 1. The highest BCUT2D eigenvalue weighted by molar-refractivity contribution is 9.10. The standard InChI is InChI=1S/C17H17BrN4OS/c1-2-3-4-8-14-21-22-15(19)13(16(23)20-17(22)24-14)10-11-6-5-7-12(18)9-11/h5-7,9-10,19H,2-4,8H2,1H3/b13-10-,19-15?. The maximum atomic E-state index is 12.3. The highest BCUT2D eigenvalue weighted by Gasteiger charge is 2.35. The minimum atomic E-state index is -0.385. The number of benzene rings is 1. The van der Waals surface area contributed by atoms with Crippen molar-refractivity contribution in [2.24, 2.45) is 10.1 Å². The second kappa shape index (κ2) is 7.44. The van der Waals surface area contributed by atoms with E-state index in [-0.39, 0.29) is 17.3 Å². The van der Waals surface area contributed by atoms with Crippen LogP contribution < -0.4 is 0 Å². The molecule has 2 heterocycles. The molecule has 0 bridgehead atoms. The van der Waals surface area contributed by atoms with Gasteiger partial charge in [-0.15, -0.1) is 0 Å². The molecule has 0 fully saturated rings. The van der Waals surface area contributed by atoms with Crippen LogP contribution in [0.4, 0.5) is 0 Å². The van der Waals surface area contributed by atoms with Gasteiger partial charge in [-0.1, -0.05) is 47.8 Å². The molecule has 2 aliphatic heterocycles. The molecule has 1 aromatic rings. The molecule has 3 rings (SSSR count). The molecule has 0 spiro atoms. The van der Waals surface area contributed by atoms with E-state index in [1.165, 1.54) is 16.8 Å². The van der Waals surface area contributed by atoms with Gasteiger partial charge >= 0.3 is 0 Å². The van der Waals surface area contributed by atoms with Crippen LogP contribution in [-0.2, 0) is 4.79 Å². The van der Waals surface area contributed by atoms with Gasteiger partial charge in [-0.2, -0.15) is 15.1 Å². The van der Waals surface area contributed by atoms with Gasteiger partial charge < -0.3 is 0 Å². The number of fused-ring (bicyclic) bond motifs is 1. The molecule has 1 N–H and O–H groups in total. The van der Waals surface area contributed by atoms with Gasteiger partial charge in [0.2, 0.25) is 5.17 Å². The average Bonchev–Trinajstić information content (AvgIpc) is 2.95. The molecular weight excluding hydrogens is 388 g/mol. The normalized spacial score (nSPS) is 18.8. The summed E-state index contributed by atoms with van der Waals surface area (Å²) in [6, 6.07) is 7.58. The fourth-order valence-electron chi connectivity index (χ4n) is 2.42. The van der Waals surface area contributed by atoms with Crippen molar-refractivity contribution in [2.45, 2.75) is 32.6 Å². The number of amidine groups is 2. The van der Waals surface area contributed by atoms with Gasteiger partial charge in [0.1, 0.15) is 5.04 Å². The molecule has 0 aliphatic carbocycles. The Hall–Kier alpha value is -1.73. The lowest BCUT2D eigenvalue weighted by atomic mass is 10.1. The predicted octanol–water partition coefficient (Wildman–Crippen LogP) is 4.65. The number of nitrogens with zero attached hydrogens (tertiary/aromatic N) is 3. The van der Waals surface area contributed by atoms with Gasteiger partial charge in [0.15, 0.2) is 5.84 Å². The third-order valence-electron chi connectivity index (χ3n) is 3.65. The summed E-state index contributed by atoms with van der Waals surface area (Å²) >= 11 is 4.80. The van der Waals surface area contributed by atoms with Crippen molar-refractivity contribution in [3.63, 3.8) is 0 Å². The molecule has 0 unspecified atom stereocenters. The van der Waals surface area contributed by atoms with E-state index in [1.807, 2.05) is 24.3 Å². The molecule has 0 atom stereocenters. The van der Waals surface area contributed by atoms with E-state index in [1.54, 1.807) is 6.08 Å². The maximum Gasteiger partial charge on any atom is 0.283 e. The number of amides is 1. The first kappa shape index (κ1) is 17.1. The Bertz CT molecular complexity index is 785. The van der Waals surface area contributed by atoms with E-state index in [9.17, 15) is 4.79 Å². The Morgan fingerprint density at radius 2 is 2.21 bits per heavy atom. The molecule has 0 radical (unpaired) electrons. The number of thioether (sulfide) groups is 1. The molecule has 24 heavy (non-hydrogen) atoms. The average molecular weight is 405 g/mol. The Labute approximate surface area is 153 Å². The van der Waals surface area contributed by atoms with Crippen LogP contribution in [0.5, 0.6) is 0 Å². The van der Waals surface area contributed by atoms with Crippen LogP contribution in [0.2, 0.25) is 0 Å². The number of halogens is 1. The summed E-state index contributed by atoms with van der Waals surface area (Å²) in [5.41, 5.74) is 1.10. The topological polar surface area (TPSA) is 68.9 Å². The van der Waals surface area contributed by atoms with Gasteiger partial charge in [-0.3, -0.25) is 10.2 Å². The number of carbonyl (C=O) groups is 1. The molecular formula is C17H17BrN4OS. The molecule has 124 valence electrons. The molecule has 7 heteroatoms. The van der Waals surface area contributed by atoms with Crippen LogP contribution in [0.25, 0.3) is 6.08 Å². The fraction of sp³-hybridized carbons (Fsp3) is 0.294. The minimum absolute atomic E-state index is 0.0861. The SMILES string of the molecule is CCCCCC1=NN2C(=N)/C(=C/c3cccc(Br)c3)C(=O)N=C2S1. The summed E-state index contributed by atoms with van der Waals surface area (Å²) < 4.78 is 0.920. The number of unbranched alkanes of at least 4 members (excludes halogenated alkanes) is 2. The Kier molecular flexibility index (Phi) is 5.30. The number of nitrogens with one attached hydrogen (secondary N) is 1. The van der Waals surface area contributed by atoms with Crippen LogP contribution in [-0.4, -0.2) is 27.0 Å². The highest BCUT2D eigenvalue weighted by atomic mass is 79.9. The molecule has 0 saturated heterocycles. The quantitative estimate of drug-likeness (QED) is 0.573. The molecule has 1 aromatic carbocycles. The third kappa shape index (κ3) is 3.67. The van der Waals surface area contributed by atoms with Crippen molar-refractivity contribution in [3.05, 3.63) is 39.9 Å². The van der Waals surface area contributed by atoms with Crippen molar-refractivity contribution in [1.29, 1.82) is 5.41 Å². The zero-order valence-corrected chi connectivity index (χ0v) is 15.7. The number of rotatable bonds is 5. The molecule has 5 nitrogen and oxygen atoms in total. The van der Waals surface area contributed by atoms with E-state index < -0.39 is 0 Å². The van der Waals surface area contributed by atoms with E-state index in [4.69, 9.17) is 5.41 Å². The fourth-order valence-corrected chi connectivity index (χ4v) is 3.77. The first-order valence-corrected chi connectivity index (χ1v) is 9.44. The van der Waals surface area contributed by atoms with Crippen molar-refractivity contribution in [2.75, 3.05) is 0 Å². The van der Waals surface area contributed by atoms with Gasteiger partial charge in [-0.05, 0) is 48.4 Å². The van der Waals surface area contributed by atoms with Crippen molar-refractivity contribution in [3.8, 4) is 0 Å². The van der Waals surface area contributed by atoms with Gasteiger partial charge in [0, 0.05) is 4.47 Å². The zero-order valence-electron chi connectivity index (χ0n) is 13.3. The largest absolute Gasteiger partial charge is 0.283 e. The van der Waals surface area contributed by atoms with Gasteiger partial charge in [-0.25, -0.2) is 0 Å². The van der Waals surface area contributed by atoms with E-state index in [0.29, 0.717) is 5.17 Å². The van der Waals surface area contributed by atoms with Crippen LogP contribution in [0.1, 0.15) is 38.2 Å². The monoisotopic (exact) mass is 404 g/mol. The summed E-state index contributed by atoms with van der Waals surface area (Å²) in [5.74, 6) is -0.299. The van der Waals surface area contributed by atoms with Crippen LogP contribution in [0.3, 0.4) is 0 Å². The van der Waals surface area contributed by atoms with Crippen molar-refractivity contribution < 1.29 is 4.79 Å².